The molecule has 0 aliphatic heterocycles. The Hall–Kier alpha value is -1.12. The lowest BCUT2D eigenvalue weighted by molar-refractivity contribution is -0.123. The summed E-state index contributed by atoms with van der Waals surface area (Å²) in [6, 6.07) is 0. The van der Waals surface area contributed by atoms with E-state index < -0.39 is 0 Å². The number of hydrogen-bond acceptors (Lipinski definition) is 2. The van der Waals surface area contributed by atoms with Crippen molar-refractivity contribution in [2.75, 3.05) is 0 Å². The molecular formula is C13H20N2O. The molecule has 0 N–H and O–H groups in total. The Kier molecular flexibility index (Phi) is 3.75. The van der Waals surface area contributed by atoms with Gasteiger partial charge >= 0.3 is 0 Å². The molecule has 16 heavy (non-hydrogen) atoms. The molecule has 1 aromatic rings. The molecular weight excluding hydrogens is 200 g/mol. The Morgan fingerprint density at radius 3 is 2.81 bits per heavy atom. The Morgan fingerprint density at radius 2 is 2.19 bits per heavy atom. The van der Waals surface area contributed by atoms with Crippen LogP contribution in [0.2, 0.25) is 0 Å². The summed E-state index contributed by atoms with van der Waals surface area (Å²) in [6.45, 7) is 0. The topological polar surface area (TPSA) is 34.9 Å². The summed E-state index contributed by atoms with van der Waals surface area (Å²) in [7, 11) is 1.91. The van der Waals surface area contributed by atoms with E-state index in [0.717, 1.165) is 19.3 Å². The SMILES string of the molecule is Cn1cc(CCC(=O)C2CCCCC2)cn1. The highest BCUT2D eigenvalue weighted by atomic mass is 16.1. The smallest absolute Gasteiger partial charge is 0.136 e. The highest BCUT2D eigenvalue weighted by molar-refractivity contribution is 5.81. The van der Waals surface area contributed by atoms with E-state index in [0.29, 0.717) is 18.1 Å². The Bertz CT molecular complexity index is 351. The molecule has 1 aliphatic rings. The highest BCUT2D eigenvalue weighted by Gasteiger charge is 2.20. The number of aromatic nitrogens is 2. The van der Waals surface area contributed by atoms with Gasteiger partial charge in [0.1, 0.15) is 5.78 Å². The van der Waals surface area contributed by atoms with Crippen LogP contribution in [-0.2, 0) is 18.3 Å². The molecule has 0 radical (unpaired) electrons. The largest absolute Gasteiger partial charge is 0.299 e. The van der Waals surface area contributed by atoms with Gasteiger partial charge in [0.25, 0.3) is 0 Å². The van der Waals surface area contributed by atoms with Crippen LogP contribution in [-0.4, -0.2) is 15.6 Å². The molecule has 1 fully saturated rings. The van der Waals surface area contributed by atoms with Crippen LogP contribution in [0, 0.1) is 5.92 Å². The maximum absolute atomic E-state index is 12.0. The minimum atomic E-state index is 0.352. The Balaban J connectivity index is 1.78. The first-order valence-electron chi connectivity index (χ1n) is 6.26. The molecule has 0 saturated heterocycles. The predicted molar refractivity (Wildman–Crippen MR) is 63.1 cm³/mol. The maximum atomic E-state index is 12.0. The van der Waals surface area contributed by atoms with Crippen molar-refractivity contribution in [1.29, 1.82) is 0 Å². The van der Waals surface area contributed by atoms with Crippen LogP contribution in [0.4, 0.5) is 0 Å². The summed E-state index contributed by atoms with van der Waals surface area (Å²) in [6.07, 6.45) is 11.4. The van der Waals surface area contributed by atoms with Gasteiger partial charge in [-0.1, -0.05) is 19.3 Å². The van der Waals surface area contributed by atoms with Crippen molar-refractivity contribution in [2.45, 2.75) is 44.9 Å². The van der Waals surface area contributed by atoms with Crippen molar-refractivity contribution in [2.24, 2.45) is 13.0 Å². The fourth-order valence-corrected chi connectivity index (χ4v) is 2.50. The number of hydrogen-bond donors (Lipinski definition) is 0. The number of aryl methyl sites for hydroxylation is 2. The van der Waals surface area contributed by atoms with Gasteiger partial charge < -0.3 is 0 Å². The Morgan fingerprint density at radius 1 is 1.44 bits per heavy atom. The summed E-state index contributed by atoms with van der Waals surface area (Å²) in [5, 5.41) is 4.11. The van der Waals surface area contributed by atoms with Gasteiger partial charge in [-0.25, -0.2) is 0 Å². The minimum Gasteiger partial charge on any atom is -0.299 e. The lowest BCUT2D eigenvalue weighted by atomic mass is 9.84. The third-order valence-electron chi connectivity index (χ3n) is 3.48. The average Bonchev–Trinajstić information content (AvgIpc) is 2.73. The molecule has 0 atom stereocenters. The molecule has 1 aromatic heterocycles. The molecule has 0 amide bonds. The summed E-state index contributed by atoms with van der Waals surface area (Å²) in [5.74, 6) is 0.814. The summed E-state index contributed by atoms with van der Waals surface area (Å²) >= 11 is 0. The van der Waals surface area contributed by atoms with Crippen LogP contribution >= 0.6 is 0 Å². The number of carbonyl (C=O) groups is 1. The summed E-state index contributed by atoms with van der Waals surface area (Å²) < 4.78 is 1.79. The van der Waals surface area contributed by atoms with Crippen LogP contribution < -0.4 is 0 Å². The Labute approximate surface area is 96.8 Å². The number of rotatable bonds is 4. The van der Waals surface area contributed by atoms with E-state index in [2.05, 4.69) is 5.10 Å². The quantitative estimate of drug-likeness (QED) is 0.781. The third-order valence-corrected chi connectivity index (χ3v) is 3.48. The fourth-order valence-electron chi connectivity index (χ4n) is 2.50. The van der Waals surface area contributed by atoms with Crippen molar-refractivity contribution in [1.82, 2.24) is 9.78 Å². The monoisotopic (exact) mass is 220 g/mol. The minimum absolute atomic E-state index is 0.352. The van der Waals surface area contributed by atoms with Crippen LogP contribution in [0.1, 0.15) is 44.1 Å². The second kappa shape index (κ2) is 5.28. The number of nitrogens with zero attached hydrogens (tertiary/aromatic N) is 2. The second-order valence-corrected chi connectivity index (χ2v) is 4.82. The molecule has 0 aromatic carbocycles. The summed E-state index contributed by atoms with van der Waals surface area (Å²) in [5.41, 5.74) is 1.17. The molecule has 1 aliphatic carbocycles. The van der Waals surface area contributed by atoms with Crippen molar-refractivity contribution in [3.8, 4) is 0 Å². The third kappa shape index (κ3) is 2.94. The van der Waals surface area contributed by atoms with Crippen LogP contribution in [0.15, 0.2) is 12.4 Å². The molecule has 1 heterocycles. The average molecular weight is 220 g/mol. The van der Waals surface area contributed by atoms with Gasteiger partial charge in [0.05, 0.1) is 6.20 Å². The summed E-state index contributed by atoms with van der Waals surface area (Å²) in [4.78, 5) is 12.0. The van der Waals surface area contributed by atoms with Crippen molar-refractivity contribution < 1.29 is 4.79 Å². The van der Waals surface area contributed by atoms with Crippen molar-refractivity contribution >= 4 is 5.78 Å². The first-order chi connectivity index (χ1) is 7.75. The lowest BCUT2D eigenvalue weighted by Gasteiger charge is -2.19. The lowest BCUT2D eigenvalue weighted by Crippen LogP contribution is -2.17. The zero-order chi connectivity index (χ0) is 11.4. The number of ketones is 1. The van der Waals surface area contributed by atoms with Gasteiger partial charge in [-0.3, -0.25) is 9.48 Å². The van der Waals surface area contributed by atoms with Crippen LogP contribution in [0.3, 0.4) is 0 Å². The van der Waals surface area contributed by atoms with Gasteiger partial charge in [0.2, 0.25) is 0 Å². The second-order valence-electron chi connectivity index (χ2n) is 4.82. The van der Waals surface area contributed by atoms with Crippen LogP contribution in [0.5, 0.6) is 0 Å². The fraction of sp³-hybridized carbons (Fsp3) is 0.692. The molecule has 0 bridgehead atoms. The van der Waals surface area contributed by atoms with E-state index in [1.165, 1.54) is 24.8 Å². The van der Waals surface area contributed by atoms with Gasteiger partial charge in [-0.05, 0) is 24.8 Å². The van der Waals surface area contributed by atoms with E-state index in [-0.39, 0.29) is 0 Å². The molecule has 3 nitrogen and oxygen atoms in total. The van der Waals surface area contributed by atoms with Crippen LogP contribution in [0.25, 0.3) is 0 Å². The van der Waals surface area contributed by atoms with E-state index >= 15 is 0 Å². The first-order valence-corrected chi connectivity index (χ1v) is 6.26. The first kappa shape index (κ1) is 11.4. The molecule has 1 saturated carbocycles. The number of carbonyl (C=O) groups excluding carboxylic acids is 1. The standard InChI is InChI=1S/C13H20N2O/c1-15-10-11(9-14-15)7-8-13(16)12-5-3-2-4-6-12/h9-10,12H,2-8H2,1H3. The van der Waals surface area contributed by atoms with E-state index in [9.17, 15) is 4.79 Å². The zero-order valence-corrected chi connectivity index (χ0v) is 9.98. The van der Waals surface area contributed by atoms with E-state index in [4.69, 9.17) is 0 Å². The molecule has 0 unspecified atom stereocenters. The molecule has 2 rings (SSSR count). The van der Waals surface area contributed by atoms with E-state index in [1.807, 2.05) is 19.4 Å². The molecule has 3 heteroatoms. The maximum Gasteiger partial charge on any atom is 0.136 e. The van der Waals surface area contributed by atoms with Gasteiger partial charge in [0, 0.05) is 25.6 Å². The van der Waals surface area contributed by atoms with Gasteiger partial charge in [-0.2, -0.15) is 5.10 Å². The normalized spacial score (nSPS) is 17.6. The van der Waals surface area contributed by atoms with Gasteiger partial charge in [0.15, 0.2) is 0 Å². The zero-order valence-electron chi connectivity index (χ0n) is 9.98. The van der Waals surface area contributed by atoms with E-state index in [1.54, 1.807) is 4.68 Å². The van der Waals surface area contributed by atoms with Crippen molar-refractivity contribution in [3.63, 3.8) is 0 Å². The van der Waals surface area contributed by atoms with Crippen molar-refractivity contribution in [3.05, 3.63) is 18.0 Å². The highest BCUT2D eigenvalue weighted by Crippen LogP contribution is 2.25. The molecule has 0 spiro atoms. The predicted octanol–water partition coefficient (Wildman–Crippen LogP) is 2.50. The van der Waals surface area contributed by atoms with Gasteiger partial charge in [-0.15, -0.1) is 0 Å². The number of Topliss-reactive ketones (excluding diaryl/α,β-unsaturated/α-hetero) is 1. The molecule has 88 valence electrons.